The Hall–Kier alpha value is -2.28. The number of aromatic nitrogens is 3. The van der Waals surface area contributed by atoms with Crippen LogP contribution in [0, 0.1) is 5.82 Å². The summed E-state index contributed by atoms with van der Waals surface area (Å²) in [6, 6.07) is 5.83. The number of piperidine rings is 1. The monoisotopic (exact) mass is 359 g/mol. The Morgan fingerprint density at radius 2 is 1.96 bits per heavy atom. The number of carbonyl (C=O) groups excluding carboxylic acids is 1. The van der Waals surface area contributed by atoms with E-state index in [0.717, 1.165) is 50.3 Å². The molecule has 3 rings (SSSR count). The van der Waals surface area contributed by atoms with Crippen molar-refractivity contribution in [1.29, 1.82) is 0 Å². The molecule has 0 saturated carbocycles. The van der Waals surface area contributed by atoms with Crippen molar-refractivity contribution in [3.05, 3.63) is 47.8 Å². The molecule has 2 aromatic rings. The van der Waals surface area contributed by atoms with Crippen LogP contribution in [0.25, 0.3) is 0 Å². The van der Waals surface area contributed by atoms with Crippen LogP contribution in [0.15, 0.2) is 30.6 Å². The molecular weight excluding hydrogens is 333 g/mol. The molecule has 1 unspecified atom stereocenters. The zero-order chi connectivity index (χ0) is 18.4. The van der Waals surface area contributed by atoms with Gasteiger partial charge in [-0.05, 0) is 50.0 Å². The van der Waals surface area contributed by atoms with Gasteiger partial charge < -0.3 is 9.88 Å². The first-order valence-corrected chi connectivity index (χ1v) is 9.33. The minimum Gasteiger partial charge on any atom is -0.347 e. The standard InChI is InChI=1S/C19H26FN5O/c1-2-10-25-14-22-23-17(25)13-21-19(26)18(24-11-4-3-5-12-24)15-6-8-16(20)9-7-15/h6-9,14,18H,2-5,10-13H2,1H3,(H,21,26). The molecular formula is C19H26FN5O. The highest BCUT2D eigenvalue weighted by Crippen LogP contribution is 2.25. The number of nitrogens with zero attached hydrogens (tertiary/aromatic N) is 4. The molecule has 1 aromatic heterocycles. The summed E-state index contributed by atoms with van der Waals surface area (Å²) in [6.07, 6.45) is 6.01. The van der Waals surface area contributed by atoms with Crippen LogP contribution in [0.1, 0.15) is 50.0 Å². The molecule has 1 saturated heterocycles. The third-order valence-corrected chi connectivity index (χ3v) is 4.77. The molecule has 1 amide bonds. The van der Waals surface area contributed by atoms with Gasteiger partial charge in [0, 0.05) is 6.54 Å². The van der Waals surface area contributed by atoms with Crippen molar-refractivity contribution >= 4 is 5.91 Å². The van der Waals surface area contributed by atoms with Crippen LogP contribution >= 0.6 is 0 Å². The second kappa shape index (κ2) is 8.89. The van der Waals surface area contributed by atoms with Crippen molar-refractivity contribution in [1.82, 2.24) is 25.0 Å². The Labute approximate surface area is 153 Å². The molecule has 0 aliphatic carbocycles. The van der Waals surface area contributed by atoms with Gasteiger partial charge in [0.2, 0.25) is 5.91 Å². The highest BCUT2D eigenvalue weighted by molar-refractivity contribution is 5.83. The van der Waals surface area contributed by atoms with E-state index in [-0.39, 0.29) is 11.7 Å². The molecule has 0 spiro atoms. The summed E-state index contributed by atoms with van der Waals surface area (Å²) in [5.41, 5.74) is 0.820. The first kappa shape index (κ1) is 18.5. The summed E-state index contributed by atoms with van der Waals surface area (Å²) in [7, 11) is 0. The van der Waals surface area contributed by atoms with Crippen LogP contribution in [-0.2, 0) is 17.9 Å². The highest BCUT2D eigenvalue weighted by Gasteiger charge is 2.28. The lowest BCUT2D eigenvalue weighted by Gasteiger charge is -2.33. The maximum absolute atomic E-state index is 13.3. The largest absolute Gasteiger partial charge is 0.347 e. The van der Waals surface area contributed by atoms with E-state index in [1.54, 1.807) is 18.5 Å². The second-order valence-corrected chi connectivity index (χ2v) is 6.71. The van der Waals surface area contributed by atoms with E-state index in [4.69, 9.17) is 0 Å². The zero-order valence-electron chi connectivity index (χ0n) is 15.2. The fraction of sp³-hybridized carbons (Fsp3) is 0.526. The van der Waals surface area contributed by atoms with Crippen LogP contribution in [0.3, 0.4) is 0 Å². The van der Waals surface area contributed by atoms with Gasteiger partial charge in [-0.1, -0.05) is 25.5 Å². The Balaban J connectivity index is 1.73. The van der Waals surface area contributed by atoms with Crippen LogP contribution in [0.2, 0.25) is 0 Å². The third-order valence-electron chi connectivity index (χ3n) is 4.77. The van der Waals surface area contributed by atoms with E-state index in [1.165, 1.54) is 18.6 Å². The summed E-state index contributed by atoms with van der Waals surface area (Å²) < 4.78 is 15.3. The molecule has 1 fully saturated rings. The van der Waals surface area contributed by atoms with Crippen molar-refractivity contribution in [2.24, 2.45) is 0 Å². The minimum atomic E-state index is -0.404. The van der Waals surface area contributed by atoms with Crippen molar-refractivity contribution < 1.29 is 9.18 Å². The van der Waals surface area contributed by atoms with Crippen molar-refractivity contribution in [3.8, 4) is 0 Å². The molecule has 1 aliphatic rings. The van der Waals surface area contributed by atoms with Gasteiger partial charge >= 0.3 is 0 Å². The first-order chi connectivity index (χ1) is 12.7. The summed E-state index contributed by atoms with van der Waals surface area (Å²) in [5.74, 6) is 0.375. The van der Waals surface area contributed by atoms with Crippen LogP contribution in [0.5, 0.6) is 0 Å². The number of nitrogens with one attached hydrogen (secondary N) is 1. The molecule has 1 N–H and O–H groups in total. The van der Waals surface area contributed by atoms with E-state index < -0.39 is 6.04 Å². The lowest BCUT2D eigenvalue weighted by Crippen LogP contribution is -2.43. The predicted octanol–water partition coefficient (Wildman–Crippen LogP) is 2.67. The van der Waals surface area contributed by atoms with Crippen LogP contribution in [-0.4, -0.2) is 38.7 Å². The number of hydrogen-bond acceptors (Lipinski definition) is 4. The van der Waals surface area contributed by atoms with Gasteiger partial charge in [0.25, 0.3) is 0 Å². The topological polar surface area (TPSA) is 63.1 Å². The van der Waals surface area contributed by atoms with E-state index >= 15 is 0 Å². The molecule has 0 bridgehead atoms. The molecule has 0 radical (unpaired) electrons. The van der Waals surface area contributed by atoms with Gasteiger partial charge in [-0.15, -0.1) is 10.2 Å². The Morgan fingerprint density at radius 3 is 2.65 bits per heavy atom. The van der Waals surface area contributed by atoms with Crippen molar-refractivity contribution in [3.63, 3.8) is 0 Å². The van der Waals surface area contributed by atoms with Gasteiger partial charge in [-0.2, -0.15) is 0 Å². The molecule has 2 heterocycles. The Kier molecular flexibility index (Phi) is 6.33. The summed E-state index contributed by atoms with van der Waals surface area (Å²) in [4.78, 5) is 15.2. The molecule has 26 heavy (non-hydrogen) atoms. The number of rotatable bonds is 7. The van der Waals surface area contributed by atoms with Crippen molar-refractivity contribution in [2.75, 3.05) is 13.1 Å². The number of halogens is 1. The maximum Gasteiger partial charge on any atom is 0.242 e. The number of likely N-dealkylation sites (tertiary alicyclic amines) is 1. The average molecular weight is 359 g/mol. The predicted molar refractivity (Wildman–Crippen MR) is 96.7 cm³/mol. The smallest absolute Gasteiger partial charge is 0.242 e. The van der Waals surface area contributed by atoms with E-state index in [9.17, 15) is 9.18 Å². The Bertz CT molecular complexity index is 709. The van der Waals surface area contributed by atoms with Crippen LogP contribution in [0.4, 0.5) is 4.39 Å². The molecule has 1 aromatic carbocycles. The van der Waals surface area contributed by atoms with E-state index in [0.29, 0.717) is 6.54 Å². The molecule has 140 valence electrons. The molecule has 7 heteroatoms. The van der Waals surface area contributed by atoms with Crippen molar-refractivity contribution in [2.45, 2.75) is 51.7 Å². The van der Waals surface area contributed by atoms with Gasteiger partial charge in [-0.25, -0.2) is 4.39 Å². The lowest BCUT2D eigenvalue weighted by atomic mass is 10.0. The third kappa shape index (κ3) is 4.46. The molecule has 1 atom stereocenters. The number of carbonyl (C=O) groups is 1. The highest BCUT2D eigenvalue weighted by atomic mass is 19.1. The quantitative estimate of drug-likeness (QED) is 0.826. The number of benzene rings is 1. The van der Waals surface area contributed by atoms with Gasteiger partial charge in [0.1, 0.15) is 18.2 Å². The van der Waals surface area contributed by atoms with E-state index in [2.05, 4.69) is 27.3 Å². The maximum atomic E-state index is 13.3. The SMILES string of the molecule is CCCn1cnnc1CNC(=O)C(c1ccc(F)cc1)N1CCCCC1. The fourth-order valence-electron chi connectivity index (χ4n) is 3.46. The van der Waals surface area contributed by atoms with Gasteiger partial charge in [-0.3, -0.25) is 9.69 Å². The zero-order valence-corrected chi connectivity index (χ0v) is 15.2. The molecule has 1 aliphatic heterocycles. The average Bonchev–Trinajstić information content (AvgIpc) is 3.10. The minimum absolute atomic E-state index is 0.0791. The normalized spacial score (nSPS) is 16.4. The number of aryl methyl sites for hydroxylation is 1. The second-order valence-electron chi connectivity index (χ2n) is 6.71. The summed E-state index contributed by atoms with van der Waals surface area (Å²) >= 11 is 0. The van der Waals surface area contributed by atoms with Gasteiger partial charge in [0.05, 0.1) is 6.54 Å². The Morgan fingerprint density at radius 1 is 1.23 bits per heavy atom. The number of amides is 1. The fourth-order valence-corrected chi connectivity index (χ4v) is 3.46. The van der Waals surface area contributed by atoms with E-state index in [1.807, 2.05) is 4.57 Å². The summed E-state index contributed by atoms with van der Waals surface area (Å²) in [5, 5.41) is 11.0. The van der Waals surface area contributed by atoms with Gasteiger partial charge in [0.15, 0.2) is 5.82 Å². The summed E-state index contributed by atoms with van der Waals surface area (Å²) in [6.45, 7) is 5.00. The lowest BCUT2D eigenvalue weighted by molar-refractivity contribution is -0.127. The molecule has 6 nitrogen and oxygen atoms in total. The number of hydrogen-bond donors (Lipinski definition) is 1. The van der Waals surface area contributed by atoms with Crippen LogP contribution < -0.4 is 5.32 Å². The first-order valence-electron chi connectivity index (χ1n) is 9.33.